The minimum absolute atomic E-state index is 0.0849. The van der Waals surface area contributed by atoms with E-state index in [1.54, 1.807) is 17.0 Å². The Labute approximate surface area is 121 Å². The van der Waals surface area contributed by atoms with Gasteiger partial charge in [0.15, 0.2) is 5.82 Å². The molecule has 1 heterocycles. The molecule has 0 fully saturated rings. The monoisotopic (exact) mass is 293 g/mol. The van der Waals surface area contributed by atoms with Crippen LogP contribution in [0.4, 0.5) is 15.8 Å². The van der Waals surface area contributed by atoms with Gasteiger partial charge in [0.05, 0.1) is 23.0 Å². The summed E-state index contributed by atoms with van der Waals surface area (Å²) in [6, 6.07) is 3.94. The predicted molar refractivity (Wildman–Crippen MR) is 77.9 cm³/mol. The average Bonchev–Trinajstić information content (AvgIpc) is 2.44. The molecule has 1 N–H and O–H groups in total. The highest BCUT2D eigenvalue weighted by molar-refractivity contribution is 5.97. The van der Waals surface area contributed by atoms with Crippen molar-refractivity contribution in [3.05, 3.63) is 40.3 Å². The van der Waals surface area contributed by atoms with Crippen molar-refractivity contribution < 1.29 is 14.4 Å². The van der Waals surface area contributed by atoms with E-state index >= 15 is 0 Å². The number of benzene rings is 1. The molecule has 0 saturated heterocycles. The van der Waals surface area contributed by atoms with Crippen LogP contribution in [0.1, 0.15) is 13.8 Å². The highest BCUT2D eigenvalue weighted by Gasteiger charge is 2.24. The standard InChI is InChI=1S/C14H16FN3O3/c1-9(2)17(6-7-19)14-11(15)8-12(18(20)21)10-4-3-5-16-13(10)14/h3-5,8-9,19H,6-7H2,1-2H3. The third-order valence-electron chi connectivity index (χ3n) is 3.25. The van der Waals surface area contributed by atoms with E-state index in [9.17, 15) is 14.5 Å². The summed E-state index contributed by atoms with van der Waals surface area (Å²) in [5, 5.41) is 20.5. The largest absolute Gasteiger partial charge is 0.395 e. The lowest BCUT2D eigenvalue weighted by atomic mass is 10.1. The zero-order valence-corrected chi connectivity index (χ0v) is 11.8. The highest BCUT2D eigenvalue weighted by Crippen LogP contribution is 2.35. The van der Waals surface area contributed by atoms with Crippen LogP contribution in [0.5, 0.6) is 0 Å². The number of nitro benzene ring substituents is 1. The zero-order valence-electron chi connectivity index (χ0n) is 11.8. The van der Waals surface area contributed by atoms with Gasteiger partial charge in [0, 0.05) is 18.8 Å². The van der Waals surface area contributed by atoms with Crippen molar-refractivity contribution in [2.75, 3.05) is 18.1 Å². The molecule has 0 aliphatic rings. The lowest BCUT2D eigenvalue weighted by molar-refractivity contribution is -0.383. The predicted octanol–water partition coefficient (Wildman–Crippen LogP) is 2.49. The van der Waals surface area contributed by atoms with Gasteiger partial charge in [0.1, 0.15) is 11.2 Å². The quantitative estimate of drug-likeness (QED) is 0.676. The summed E-state index contributed by atoms with van der Waals surface area (Å²) in [6.45, 7) is 3.78. The lowest BCUT2D eigenvalue weighted by Gasteiger charge is -2.29. The molecule has 0 amide bonds. The minimum Gasteiger partial charge on any atom is -0.395 e. The van der Waals surface area contributed by atoms with E-state index in [0.717, 1.165) is 6.07 Å². The maximum Gasteiger partial charge on any atom is 0.281 e. The number of rotatable bonds is 5. The maximum atomic E-state index is 14.4. The summed E-state index contributed by atoms with van der Waals surface area (Å²) in [5.74, 6) is -0.713. The molecule has 0 radical (unpaired) electrons. The van der Waals surface area contributed by atoms with Gasteiger partial charge < -0.3 is 10.0 Å². The normalized spacial score (nSPS) is 11.1. The second kappa shape index (κ2) is 6.01. The van der Waals surface area contributed by atoms with Gasteiger partial charge in [-0.05, 0) is 26.0 Å². The Kier molecular flexibility index (Phi) is 4.32. The third kappa shape index (κ3) is 2.78. The highest BCUT2D eigenvalue weighted by atomic mass is 19.1. The molecule has 0 bridgehead atoms. The molecule has 0 saturated carbocycles. The van der Waals surface area contributed by atoms with Crippen molar-refractivity contribution in [2.45, 2.75) is 19.9 Å². The van der Waals surface area contributed by atoms with Crippen molar-refractivity contribution in [2.24, 2.45) is 0 Å². The summed E-state index contributed by atoms with van der Waals surface area (Å²) in [6.07, 6.45) is 1.46. The van der Waals surface area contributed by atoms with Crippen LogP contribution < -0.4 is 4.90 Å². The van der Waals surface area contributed by atoms with Crippen molar-refractivity contribution >= 4 is 22.3 Å². The number of pyridine rings is 1. The molecule has 0 atom stereocenters. The Morgan fingerprint density at radius 3 is 2.81 bits per heavy atom. The van der Waals surface area contributed by atoms with Crippen molar-refractivity contribution in [1.82, 2.24) is 4.98 Å². The first kappa shape index (κ1) is 15.1. The number of halogens is 1. The number of aromatic nitrogens is 1. The molecule has 6 nitrogen and oxygen atoms in total. The number of aliphatic hydroxyl groups is 1. The van der Waals surface area contributed by atoms with Gasteiger partial charge in [-0.3, -0.25) is 15.1 Å². The molecule has 1 aromatic heterocycles. The molecular weight excluding hydrogens is 277 g/mol. The van der Waals surface area contributed by atoms with Gasteiger partial charge in [-0.2, -0.15) is 0 Å². The van der Waals surface area contributed by atoms with E-state index in [0.29, 0.717) is 0 Å². The fourth-order valence-corrected chi connectivity index (χ4v) is 2.34. The van der Waals surface area contributed by atoms with Gasteiger partial charge in [0.2, 0.25) is 0 Å². The Bertz CT molecular complexity index is 676. The fourth-order valence-electron chi connectivity index (χ4n) is 2.34. The lowest BCUT2D eigenvalue weighted by Crippen LogP contribution is -2.34. The van der Waals surface area contributed by atoms with Crippen LogP contribution in [0.25, 0.3) is 10.9 Å². The molecule has 1 aromatic carbocycles. The number of nitrogens with zero attached hydrogens (tertiary/aromatic N) is 3. The second-order valence-corrected chi connectivity index (χ2v) is 4.89. The van der Waals surface area contributed by atoms with Crippen LogP contribution >= 0.6 is 0 Å². The summed E-state index contributed by atoms with van der Waals surface area (Å²) in [7, 11) is 0. The van der Waals surface area contributed by atoms with E-state index in [-0.39, 0.29) is 41.5 Å². The minimum atomic E-state index is -0.713. The molecule has 0 unspecified atom stereocenters. The van der Waals surface area contributed by atoms with Crippen LogP contribution in [-0.4, -0.2) is 34.2 Å². The van der Waals surface area contributed by atoms with E-state index in [2.05, 4.69) is 4.98 Å². The smallest absolute Gasteiger partial charge is 0.281 e. The van der Waals surface area contributed by atoms with Crippen LogP contribution in [0, 0.1) is 15.9 Å². The number of hydrogen-bond acceptors (Lipinski definition) is 5. The van der Waals surface area contributed by atoms with Gasteiger partial charge in [-0.25, -0.2) is 4.39 Å². The topological polar surface area (TPSA) is 79.5 Å². The van der Waals surface area contributed by atoms with Crippen molar-refractivity contribution in [3.63, 3.8) is 0 Å². The SMILES string of the molecule is CC(C)N(CCO)c1c(F)cc([N+](=O)[O-])c2cccnc12. The number of fused-ring (bicyclic) bond motifs is 1. The van der Waals surface area contributed by atoms with E-state index in [1.807, 2.05) is 13.8 Å². The molecular formula is C14H16FN3O3. The first-order chi connectivity index (χ1) is 9.97. The summed E-state index contributed by atoms with van der Waals surface area (Å²) >= 11 is 0. The van der Waals surface area contributed by atoms with Gasteiger partial charge in [-0.1, -0.05) is 0 Å². The Hall–Kier alpha value is -2.28. The molecule has 0 aliphatic carbocycles. The van der Waals surface area contributed by atoms with Crippen molar-refractivity contribution in [3.8, 4) is 0 Å². The number of hydrogen-bond donors (Lipinski definition) is 1. The Morgan fingerprint density at radius 1 is 1.52 bits per heavy atom. The number of nitro groups is 1. The molecule has 21 heavy (non-hydrogen) atoms. The fraction of sp³-hybridized carbons (Fsp3) is 0.357. The summed E-state index contributed by atoms with van der Waals surface area (Å²) < 4.78 is 14.4. The van der Waals surface area contributed by atoms with Gasteiger partial charge in [0.25, 0.3) is 5.69 Å². The second-order valence-electron chi connectivity index (χ2n) is 4.89. The first-order valence-electron chi connectivity index (χ1n) is 6.56. The van der Waals surface area contributed by atoms with E-state index in [4.69, 9.17) is 5.11 Å². The Balaban J connectivity index is 2.77. The van der Waals surface area contributed by atoms with Gasteiger partial charge >= 0.3 is 0 Å². The van der Waals surface area contributed by atoms with Gasteiger partial charge in [-0.15, -0.1) is 0 Å². The molecule has 0 aliphatic heterocycles. The van der Waals surface area contributed by atoms with Crippen LogP contribution in [-0.2, 0) is 0 Å². The first-order valence-corrected chi connectivity index (χ1v) is 6.56. The summed E-state index contributed by atoms with van der Waals surface area (Å²) in [5.41, 5.74) is 0.0960. The molecule has 2 rings (SSSR count). The van der Waals surface area contributed by atoms with Crippen LogP contribution in [0.3, 0.4) is 0 Å². The third-order valence-corrected chi connectivity index (χ3v) is 3.25. The number of non-ortho nitro benzene ring substituents is 1. The van der Waals surface area contributed by atoms with Crippen LogP contribution in [0.15, 0.2) is 24.4 Å². The Morgan fingerprint density at radius 2 is 2.24 bits per heavy atom. The van der Waals surface area contributed by atoms with E-state index < -0.39 is 10.7 Å². The molecule has 112 valence electrons. The van der Waals surface area contributed by atoms with Crippen LogP contribution in [0.2, 0.25) is 0 Å². The van der Waals surface area contributed by atoms with Crippen molar-refractivity contribution in [1.29, 1.82) is 0 Å². The summed E-state index contributed by atoms with van der Waals surface area (Å²) in [4.78, 5) is 16.2. The maximum absolute atomic E-state index is 14.4. The average molecular weight is 293 g/mol. The van der Waals surface area contributed by atoms with E-state index in [1.165, 1.54) is 6.20 Å². The molecule has 0 spiro atoms. The molecule has 7 heteroatoms. The number of aliphatic hydroxyl groups excluding tert-OH is 1. The molecule has 2 aromatic rings. The zero-order chi connectivity index (χ0) is 15.6. The number of anilines is 1.